The van der Waals surface area contributed by atoms with Crippen LogP contribution in [-0.4, -0.2) is 41.0 Å². The summed E-state index contributed by atoms with van der Waals surface area (Å²) in [6.07, 6.45) is 14.3. The molecule has 0 saturated carbocycles. The lowest BCUT2D eigenvalue weighted by molar-refractivity contribution is -0.0616. The summed E-state index contributed by atoms with van der Waals surface area (Å²) in [6, 6.07) is 0. The van der Waals surface area contributed by atoms with Crippen LogP contribution in [0.5, 0.6) is 0 Å². The van der Waals surface area contributed by atoms with E-state index in [1.165, 1.54) is 77.0 Å². The van der Waals surface area contributed by atoms with E-state index in [4.69, 9.17) is 0 Å². The van der Waals surface area contributed by atoms with Crippen LogP contribution in [0.3, 0.4) is 0 Å². The number of hydrogen-bond acceptors (Lipinski definition) is 3. The third-order valence-electron chi connectivity index (χ3n) is 4.08. The van der Waals surface area contributed by atoms with Crippen molar-refractivity contribution in [2.75, 3.05) is 19.6 Å². The number of hydrogen-bond donors (Lipinski definition) is 2. The van der Waals surface area contributed by atoms with Crippen molar-refractivity contribution in [1.29, 1.82) is 0 Å². The largest absolute Gasteiger partial charge is 0.367 e. The molecule has 0 aromatic heterocycles. The topological polar surface area (TPSA) is 43.7 Å². The molecule has 0 aliphatic rings. The maximum absolute atomic E-state index is 9.18. The second-order valence-electron chi connectivity index (χ2n) is 6.32. The number of rotatable bonds is 16. The van der Waals surface area contributed by atoms with Gasteiger partial charge in [-0.25, -0.2) is 0 Å². The van der Waals surface area contributed by atoms with E-state index in [1.807, 2.05) is 0 Å². The van der Waals surface area contributed by atoms with Gasteiger partial charge in [-0.1, -0.05) is 78.1 Å². The van der Waals surface area contributed by atoms with E-state index in [-0.39, 0.29) is 12.4 Å². The third-order valence-corrected chi connectivity index (χ3v) is 4.08. The molecule has 2 N–H and O–H groups in total. The molecule has 136 valence electrons. The highest BCUT2D eigenvalue weighted by molar-refractivity contribution is 5.85. The molecule has 0 fully saturated rings. The van der Waals surface area contributed by atoms with Gasteiger partial charge in [-0.15, -0.1) is 12.4 Å². The third kappa shape index (κ3) is 18.2. The highest BCUT2D eigenvalue weighted by Gasteiger charge is 2.08. The molecular formula is C18H40ClNO2. The van der Waals surface area contributed by atoms with Crippen LogP contribution in [0.2, 0.25) is 0 Å². The van der Waals surface area contributed by atoms with E-state index in [0.29, 0.717) is 6.54 Å². The summed E-state index contributed by atoms with van der Waals surface area (Å²) in [7, 11) is 0. The molecule has 0 saturated heterocycles. The Balaban J connectivity index is 0. The van der Waals surface area contributed by atoms with Crippen LogP contribution in [0.1, 0.15) is 90.9 Å². The number of halogens is 1. The molecule has 0 unspecified atom stereocenters. The zero-order valence-electron chi connectivity index (χ0n) is 14.9. The Morgan fingerprint density at radius 1 is 0.636 bits per heavy atom. The van der Waals surface area contributed by atoms with Crippen molar-refractivity contribution >= 4 is 12.4 Å². The molecular weight excluding hydrogens is 298 g/mol. The van der Waals surface area contributed by atoms with Crippen LogP contribution >= 0.6 is 12.4 Å². The van der Waals surface area contributed by atoms with Gasteiger partial charge in [0.05, 0.1) is 0 Å². The maximum Gasteiger partial charge on any atom is 0.164 e. The lowest BCUT2D eigenvalue weighted by Gasteiger charge is -2.23. The van der Waals surface area contributed by atoms with Crippen molar-refractivity contribution in [3.63, 3.8) is 0 Å². The second kappa shape index (κ2) is 19.2. The fraction of sp³-hybridized carbons (Fsp3) is 1.00. The van der Waals surface area contributed by atoms with Gasteiger partial charge >= 0.3 is 0 Å². The molecule has 0 aliphatic carbocycles. The molecule has 22 heavy (non-hydrogen) atoms. The summed E-state index contributed by atoms with van der Waals surface area (Å²) in [5, 5.41) is 18.4. The first-order valence-corrected chi connectivity index (χ1v) is 9.29. The standard InChI is InChI=1S/C18H39NO2.ClH/c1-3-5-7-9-11-13-15-19(17-18(20)21)16-14-12-10-8-6-4-2;/h18,20-21H,3-17H2,1-2H3;1H. The first-order chi connectivity index (χ1) is 10.2. The predicted molar refractivity (Wildman–Crippen MR) is 98.7 cm³/mol. The molecule has 0 spiro atoms. The van der Waals surface area contributed by atoms with Gasteiger partial charge < -0.3 is 10.2 Å². The van der Waals surface area contributed by atoms with Crippen LogP contribution in [0, 0.1) is 0 Å². The second-order valence-corrected chi connectivity index (χ2v) is 6.32. The molecule has 0 aromatic carbocycles. The number of aliphatic hydroxyl groups is 2. The van der Waals surface area contributed by atoms with Crippen LogP contribution in [0.15, 0.2) is 0 Å². The van der Waals surface area contributed by atoms with Crippen LogP contribution in [0.4, 0.5) is 0 Å². The maximum atomic E-state index is 9.18. The van der Waals surface area contributed by atoms with Crippen LogP contribution in [0.25, 0.3) is 0 Å². The Kier molecular flexibility index (Phi) is 21.3. The molecule has 0 bridgehead atoms. The Bertz CT molecular complexity index is 188. The smallest absolute Gasteiger partial charge is 0.164 e. The van der Waals surface area contributed by atoms with Gasteiger partial charge in [0, 0.05) is 6.54 Å². The molecule has 3 nitrogen and oxygen atoms in total. The van der Waals surface area contributed by atoms with E-state index in [2.05, 4.69) is 18.7 Å². The van der Waals surface area contributed by atoms with Gasteiger partial charge in [-0.2, -0.15) is 0 Å². The number of aliphatic hydroxyl groups excluding tert-OH is 1. The zero-order valence-corrected chi connectivity index (χ0v) is 15.8. The van der Waals surface area contributed by atoms with Crippen molar-refractivity contribution in [2.24, 2.45) is 0 Å². The number of nitrogens with zero attached hydrogens (tertiary/aromatic N) is 1. The monoisotopic (exact) mass is 337 g/mol. The van der Waals surface area contributed by atoms with Crippen molar-refractivity contribution in [3.8, 4) is 0 Å². The van der Waals surface area contributed by atoms with E-state index in [9.17, 15) is 10.2 Å². The summed E-state index contributed by atoms with van der Waals surface area (Å²) >= 11 is 0. The molecule has 4 heteroatoms. The fourth-order valence-electron chi connectivity index (χ4n) is 2.76. The van der Waals surface area contributed by atoms with E-state index in [0.717, 1.165) is 13.1 Å². The molecule has 0 rings (SSSR count). The molecule has 0 heterocycles. The van der Waals surface area contributed by atoms with Gasteiger partial charge in [-0.05, 0) is 25.9 Å². The van der Waals surface area contributed by atoms with Crippen molar-refractivity contribution in [2.45, 2.75) is 97.2 Å². The molecule has 0 amide bonds. The van der Waals surface area contributed by atoms with E-state index >= 15 is 0 Å². The quantitative estimate of drug-likeness (QED) is 0.316. The molecule has 0 aliphatic heterocycles. The van der Waals surface area contributed by atoms with Gasteiger partial charge in [0.15, 0.2) is 6.29 Å². The highest BCUT2D eigenvalue weighted by atomic mass is 35.5. The summed E-state index contributed by atoms with van der Waals surface area (Å²) in [5.74, 6) is 0. The minimum absolute atomic E-state index is 0. The summed E-state index contributed by atoms with van der Waals surface area (Å²) < 4.78 is 0. The lowest BCUT2D eigenvalue weighted by Crippen LogP contribution is -2.34. The van der Waals surface area contributed by atoms with Crippen molar-refractivity contribution in [3.05, 3.63) is 0 Å². The molecule has 0 atom stereocenters. The summed E-state index contributed by atoms with van der Waals surface area (Å²) in [5.41, 5.74) is 0. The van der Waals surface area contributed by atoms with E-state index in [1.54, 1.807) is 0 Å². The first-order valence-electron chi connectivity index (χ1n) is 9.29. The molecule has 0 radical (unpaired) electrons. The minimum atomic E-state index is -1.19. The Hall–Kier alpha value is 0.170. The zero-order chi connectivity index (χ0) is 15.8. The minimum Gasteiger partial charge on any atom is -0.367 e. The lowest BCUT2D eigenvalue weighted by atomic mass is 10.1. The Morgan fingerprint density at radius 2 is 1.00 bits per heavy atom. The summed E-state index contributed by atoms with van der Waals surface area (Å²) in [4.78, 5) is 2.23. The Labute approximate surface area is 144 Å². The van der Waals surface area contributed by atoms with Gasteiger partial charge in [0.25, 0.3) is 0 Å². The van der Waals surface area contributed by atoms with E-state index < -0.39 is 6.29 Å². The van der Waals surface area contributed by atoms with Crippen LogP contribution in [-0.2, 0) is 0 Å². The first kappa shape index (κ1) is 24.4. The predicted octanol–water partition coefficient (Wildman–Crippen LogP) is 4.74. The average molecular weight is 338 g/mol. The van der Waals surface area contributed by atoms with Crippen molar-refractivity contribution in [1.82, 2.24) is 4.90 Å². The van der Waals surface area contributed by atoms with Crippen molar-refractivity contribution < 1.29 is 10.2 Å². The normalized spacial score (nSPS) is 11.2. The van der Waals surface area contributed by atoms with Crippen LogP contribution < -0.4 is 0 Å². The molecule has 0 aromatic rings. The number of unbranched alkanes of at least 4 members (excludes halogenated alkanes) is 10. The SMILES string of the molecule is CCCCCCCCN(CCCCCCCC)CC(O)O.Cl. The van der Waals surface area contributed by atoms with Gasteiger partial charge in [0.2, 0.25) is 0 Å². The fourth-order valence-corrected chi connectivity index (χ4v) is 2.76. The summed E-state index contributed by atoms with van der Waals surface area (Å²) in [6.45, 7) is 6.91. The average Bonchev–Trinajstić information content (AvgIpc) is 2.45. The highest BCUT2D eigenvalue weighted by Crippen LogP contribution is 2.09. The van der Waals surface area contributed by atoms with Gasteiger partial charge in [0.1, 0.15) is 0 Å². The van der Waals surface area contributed by atoms with Gasteiger partial charge in [-0.3, -0.25) is 4.90 Å². The Morgan fingerprint density at radius 3 is 1.36 bits per heavy atom.